The lowest BCUT2D eigenvalue weighted by Crippen LogP contribution is -2.13. The Morgan fingerprint density at radius 2 is 1.44 bits per heavy atom. The van der Waals surface area contributed by atoms with E-state index in [1.165, 1.54) is 16.7 Å². The number of aromatic nitrogens is 2. The molecule has 1 amide bonds. The zero-order valence-electron chi connectivity index (χ0n) is 18.1. The number of thiazole rings is 1. The van der Waals surface area contributed by atoms with Crippen molar-refractivity contribution in [3.05, 3.63) is 114 Å². The number of para-hydroxylation sites is 1. The fourth-order valence-electron chi connectivity index (χ4n) is 4.10. The Labute approximate surface area is 200 Å². The first-order valence-corrected chi connectivity index (χ1v) is 11.8. The average Bonchev–Trinajstić information content (AvgIpc) is 3.36. The van der Waals surface area contributed by atoms with E-state index in [4.69, 9.17) is 4.98 Å². The van der Waals surface area contributed by atoms with Gasteiger partial charge in [-0.15, -0.1) is 11.3 Å². The van der Waals surface area contributed by atoms with Crippen LogP contribution in [-0.2, 0) is 0 Å². The fraction of sp³-hybridized carbons (Fsp3) is 0. The number of benzene rings is 4. The molecular formula is C29H19N3OS. The Balaban J connectivity index is 1.33. The van der Waals surface area contributed by atoms with Crippen LogP contribution in [-0.4, -0.2) is 15.9 Å². The van der Waals surface area contributed by atoms with Gasteiger partial charge in [-0.2, -0.15) is 0 Å². The number of rotatable bonds is 4. The van der Waals surface area contributed by atoms with E-state index in [1.807, 2.05) is 78.2 Å². The first-order chi connectivity index (χ1) is 16.7. The number of nitrogens with zero attached hydrogens (tertiary/aromatic N) is 2. The molecule has 0 aliphatic heterocycles. The molecule has 0 bridgehead atoms. The first kappa shape index (κ1) is 20.3. The van der Waals surface area contributed by atoms with Crippen LogP contribution in [0.4, 0.5) is 5.13 Å². The smallest absolute Gasteiger partial charge is 0.258 e. The van der Waals surface area contributed by atoms with Gasteiger partial charge in [0.25, 0.3) is 5.91 Å². The largest absolute Gasteiger partial charge is 0.298 e. The number of anilines is 1. The maximum Gasteiger partial charge on any atom is 0.258 e. The second-order valence-electron chi connectivity index (χ2n) is 7.99. The second-order valence-corrected chi connectivity index (χ2v) is 8.85. The molecule has 6 rings (SSSR count). The van der Waals surface area contributed by atoms with Crippen molar-refractivity contribution in [2.75, 3.05) is 5.32 Å². The third kappa shape index (κ3) is 3.83. The van der Waals surface area contributed by atoms with Gasteiger partial charge in [-0.1, -0.05) is 84.9 Å². The summed E-state index contributed by atoms with van der Waals surface area (Å²) in [5.41, 5.74) is 4.96. The van der Waals surface area contributed by atoms with Crippen molar-refractivity contribution in [2.45, 2.75) is 0 Å². The van der Waals surface area contributed by atoms with Crippen LogP contribution in [0.15, 0.2) is 109 Å². The van der Waals surface area contributed by atoms with Crippen LogP contribution in [0.1, 0.15) is 10.4 Å². The summed E-state index contributed by atoms with van der Waals surface area (Å²) in [7, 11) is 0. The van der Waals surface area contributed by atoms with E-state index < -0.39 is 0 Å². The van der Waals surface area contributed by atoms with Crippen molar-refractivity contribution in [1.82, 2.24) is 9.97 Å². The van der Waals surface area contributed by atoms with Gasteiger partial charge in [0.05, 0.1) is 22.5 Å². The second kappa shape index (κ2) is 8.54. The Kier molecular flexibility index (Phi) is 5.09. The van der Waals surface area contributed by atoms with E-state index in [-0.39, 0.29) is 5.91 Å². The summed E-state index contributed by atoms with van der Waals surface area (Å²) in [5.74, 6) is -0.199. The molecule has 0 aliphatic carbocycles. The maximum absolute atomic E-state index is 13.4. The molecule has 5 heteroatoms. The fourth-order valence-corrected chi connectivity index (χ4v) is 4.81. The Hall–Kier alpha value is -4.35. The van der Waals surface area contributed by atoms with Gasteiger partial charge in [-0.3, -0.25) is 10.1 Å². The van der Waals surface area contributed by atoms with Crippen molar-refractivity contribution >= 4 is 44.1 Å². The van der Waals surface area contributed by atoms with E-state index in [1.54, 1.807) is 0 Å². The topological polar surface area (TPSA) is 54.9 Å². The number of pyridine rings is 1. The molecule has 6 aromatic rings. The summed E-state index contributed by atoms with van der Waals surface area (Å²) in [5, 5.41) is 8.70. The Morgan fingerprint density at radius 3 is 2.32 bits per heavy atom. The van der Waals surface area contributed by atoms with Crippen LogP contribution in [0.5, 0.6) is 0 Å². The summed E-state index contributed by atoms with van der Waals surface area (Å²) in [4.78, 5) is 22.8. The minimum Gasteiger partial charge on any atom is -0.298 e. The van der Waals surface area contributed by atoms with Crippen molar-refractivity contribution in [3.63, 3.8) is 0 Å². The van der Waals surface area contributed by atoms with Gasteiger partial charge in [-0.25, -0.2) is 9.97 Å². The summed E-state index contributed by atoms with van der Waals surface area (Å²) >= 11 is 1.42. The highest BCUT2D eigenvalue weighted by molar-refractivity contribution is 7.14. The molecule has 0 fully saturated rings. The summed E-state index contributed by atoms with van der Waals surface area (Å²) in [6.45, 7) is 0. The molecule has 4 nitrogen and oxygen atoms in total. The molecule has 0 unspecified atom stereocenters. The van der Waals surface area contributed by atoms with Gasteiger partial charge in [0.2, 0.25) is 0 Å². The van der Waals surface area contributed by atoms with Gasteiger partial charge in [0, 0.05) is 21.9 Å². The molecule has 0 aliphatic rings. The SMILES string of the molecule is O=C(Nc1nc(-c2ccc3ccccc3c2)cs1)c1cc(-c2ccccc2)nc2ccccc12. The van der Waals surface area contributed by atoms with Crippen molar-refractivity contribution in [3.8, 4) is 22.5 Å². The number of fused-ring (bicyclic) bond motifs is 2. The van der Waals surface area contributed by atoms with Gasteiger partial charge >= 0.3 is 0 Å². The molecule has 0 saturated carbocycles. The number of amides is 1. The molecule has 1 N–H and O–H groups in total. The van der Waals surface area contributed by atoms with Gasteiger partial charge in [0.1, 0.15) is 0 Å². The molecule has 2 heterocycles. The molecular weight excluding hydrogens is 438 g/mol. The van der Waals surface area contributed by atoms with E-state index in [0.29, 0.717) is 10.7 Å². The molecule has 0 radical (unpaired) electrons. The predicted molar refractivity (Wildman–Crippen MR) is 140 cm³/mol. The monoisotopic (exact) mass is 457 g/mol. The van der Waals surface area contributed by atoms with Crippen molar-refractivity contribution in [2.24, 2.45) is 0 Å². The van der Waals surface area contributed by atoms with Crippen LogP contribution in [0.25, 0.3) is 44.2 Å². The summed E-state index contributed by atoms with van der Waals surface area (Å²) in [6.07, 6.45) is 0. The molecule has 0 saturated heterocycles. The lowest BCUT2D eigenvalue weighted by atomic mass is 10.0. The van der Waals surface area contributed by atoms with E-state index in [0.717, 1.165) is 38.8 Å². The zero-order valence-corrected chi connectivity index (χ0v) is 18.9. The van der Waals surface area contributed by atoms with Crippen LogP contribution in [0, 0.1) is 0 Å². The number of hydrogen-bond donors (Lipinski definition) is 1. The quantitative estimate of drug-likeness (QED) is 0.299. The van der Waals surface area contributed by atoms with Gasteiger partial charge < -0.3 is 0 Å². The highest BCUT2D eigenvalue weighted by atomic mass is 32.1. The molecule has 2 aromatic heterocycles. The minimum absolute atomic E-state index is 0.199. The lowest BCUT2D eigenvalue weighted by molar-refractivity contribution is 0.102. The standard InChI is InChI=1S/C29H19N3OS/c33-28(24-17-26(20-9-2-1-3-10-20)30-25-13-7-6-12-23(24)25)32-29-31-27(18-34-29)22-15-14-19-8-4-5-11-21(19)16-22/h1-18H,(H,31,32,33). The molecule has 0 atom stereocenters. The number of carbonyl (C=O) groups is 1. The predicted octanol–water partition coefficient (Wildman–Crippen LogP) is 7.43. The van der Waals surface area contributed by atoms with Crippen LogP contribution in [0.3, 0.4) is 0 Å². The van der Waals surface area contributed by atoms with E-state index in [9.17, 15) is 4.79 Å². The third-order valence-corrected chi connectivity index (χ3v) is 6.56. The number of hydrogen-bond acceptors (Lipinski definition) is 4. The normalized spacial score (nSPS) is 11.1. The maximum atomic E-state index is 13.4. The van der Waals surface area contributed by atoms with Gasteiger partial charge in [-0.05, 0) is 29.0 Å². The van der Waals surface area contributed by atoms with Crippen LogP contribution < -0.4 is 5.32 Å². The zero-order chi connectivity index (χ0) is 22.9. The molecule has 162 valence electrons. The van der Waals surface area contributed by atoms with E-state index in [2.05, 4.69) is 40.6 Å². The molecule has 0 spiro atoms. The number of carbonyl (C=O) groups excluding carboxylic acids is 1. The van der Waals surface area contributed by atoms with Gasteiger partial charge in [0.15, 0.2) is 5.13 Å². The van der Waals surface area contributed by atoms with Crippen molar-refractivity contribution < 1.29 is 4.79 Å². The third-order valence-electron chi connectivity index (χ3n) is 5.80. The van der Waals surface area contributed by atoms with E-state index >= 15 is 0 Å². The first-order valence-electron chi connectivity index (χ1n) is 11.0. The Morgan fingerprint density at radius 1 is 0.676 bits per heavy atom. The lowest BCUT2D eigenvalue weighted by Gasteiger charge is -2.09. The summed E-state index contributed by atoms with van der Waals surface area (Å²) < 4.78 is 0. The number of nitrogens with one attached hydrogen (secondary N) is 1. The highest BCUT2D eigenvalue weighted by Gasteiger charge is 2.16. The average molecular weight is 458 g/mol. The molecule has 34 heavy (non-hydrogen) atoms. The highest BCUT2D eigenvalue weighted by Crippen LogP contribution is 2.29. The van der Waals surface area contributed by atoms with Crippen molar-refractivity contribution in [1.29, 1.82) is 0 Å². The van der Waals surface area contributed by atoms with Crippen LogP contribution >= 0.6 is 11.3 Å². The molecule has 4 aromatic carbocycles. The Bertz CT molecular complexity index is 1660. The summed E-state index contributed by atoms with van der Waals surface area (Å²) in [6, 6.07) is 34.0. The van der Waals surface area contributed by atoms with Crippen LogP contribution in [0.2, 0.25) is 0 Å². The minimum atomic E-state index is -0.199.